The van der Waals surface area contributed by atoms with Gasteiger partial charge in [0.15, 0.2) is 5.96 Å². The van der Waals surface area contributed by atoms with Gasteiger partial charge in [-0.3, -0.25) is 4.99 Å². The van der Waals surface area contributed by atoms with Crippen molar-refractivity contribution in [2.24, 2.45) is 10.9 Å². The van der Waals surface area contributed by atoms with Crippen LogP contribution >= 0.6 is 24.0 Å². The van der Waals surface area contributed by atoms with Crippen LogP contribution < -0.4 is 5.32 Å². The van der Waals surface area contributed by atoms with Crippen molar-refractivity contribution < 1.29 is 0 Å². The number of aliphatic imine (C=N–C) groups is 1. The Bertz CT molecular complexity index is 541. The van der Waals surface area contributed by atoms with Crippen LogP contribution in [0.2, 0.25) is 0 Å². The van der Waals surface area contributed by atoms with Gasteiger partial charge in [-0.15, -0.1) is 24.0 Å². The van der Waals surface area contributed by atoms with Gasteiger partial charge in [-0.2, -0.15) is 0 Å². The van der Waals surface area contributed by atoms with Crippen LogP contribution in [-0.4, -0.2) is 55.0 Å². The van der Waals surface area contributed by atoms with Crippen molar-refractivity contribution in [2.45, 2.75) is 53.1 Å². The molecule has 1 aromatic rings. The summed E-state index contributed by atoms with van der Waals surface area (Å²) in [5.74, 6) is 1.70. The number of nitrogens with one attached hydrogen (secondary N) is 1. The van der Waals surface area contributed by atoms with Crippen molar-refractivity contribution in [3.63, 3.8) is 0 Å². The number of likely N-dealkylation sites (tertiary alicyclic amines) is 1. The smallest absolute Gasteiger partial charge is 0.193 e. The van der Waals surface area contributed by atoms with Gasteiger partial charge in [0.1, 0.15) is 0 Å². The molecule has 1 aliphatic heterocycles. The Morgan fingerprint density at radius 1 is 1.31 bits per heavy atom. The van der Waals surface area contributed by atoms with Gasteiger partial charge in [-0.25, -0.2) is 0 Å². The quantitative estimate of drug-likeness (QED) is 0.384. The summed E-state index contributed by atoms with van der Waals surface area (Å²) in [7, 11) is 2.13. The summed E-state index contributed by atoms with van der Waals surface area (Å²) in [4.78, 5) is 9.77. The van der Waals surface area contributed by atoms with Gasteiger partial charge in [0.2, 0.25) is 0 Å². The van der Waals surface area contributed by atoms with Crippen molar-refractivity contribution in [1.29, 1.82) is 0 Å². The highest BCUT2D eigenvalue weighted by Crippen LogP contribution is 2.18. The fourth-order valence-electron chi connectivity index (χ4n) is 3.44. The molecule has 5 heteroatoms. The summed E-state index contributed by atoms with van der Waals surface area (Å²) >= 11 is 0. The Kier molecular flexibility index (Phi) is 10.5. The minimum absolute atomic E-state index is 0. The highest BCUT2D eigenvalue weighted by atomic mass is 127. The maximum absolute atomic E-state index is 4.95. The zero-order valence-electron chi connectivity index (χ0n) is 17.2. The fraction of sp³-hybridized carbons (Fsp3) is 0.667. The van der Waals surface area contributed by atoms with Crippen LogP contribution in [0.3, 0.4) is 0 Å². The van der Waals surface area contributed by atoms with E-state index >= 15 is 0 Å². The highest BCUT2D eigenvalue weighted by Gasteiger charge is 2.21. The van der Waals surface area contributed by atoms with Gasteiger partial charge in [0, 0.05) is 39.3 Å². The van der Waals surface area contributed by atoms with E-state index in [0.29, 0.717) is 12.0 Å². The molecular weight excluding hydrogens is 435 g/mol. The molecule has 0 amide bonds. The van der Waals surface area contributed by atoms with Crippen LogP contribution in [0.5, 0.6) is 0 Å². The van der Waals surface area contributed by atoms with Crippen LogP contribution in [0.1, 0.15) is 44.7 Å². The van der Waals surface area contributed by atoms with Crippen LogP contribution in [0.25, 0.3) is 0 Å². The molecule has 1 atom stereocenters. The Balaban J connectivity index is 0.00000338. The molecule has 1 fully saturated rings. The van der Waals surface area contributed by atoms with E-state index in [1.54, 1.807) is 0 Å². The third-order valence-corrected chi connectivity index (χ3v) is 5.02. The largest absolute Gasteiger partial charge is 0.357 e. The second-order valence-corrected chi connectivity index (χ2v) is 7.63. The Labute approximate surface area is 177 Å². The molecule has 1 aliphatic rings. The van der Waals surface area contributed by atoms with Crippen LogP contribution in [0.4, 0.5) is 0 Å². The van der Waals surface area contributed by atoms with E-state index in [1.165, 1.54) is 37.1 Å². The summed E-state index contributed by atoms with van der Waals surface area (Å²) in [5, 5.41) is 3.45. The molecule has 1 unspecified atom stereocenters. The lowest BCUT2D eigenvalue weighted by molar-refractivity contribution is 0.143. The highest BCUT2D eigenvalue weighted by molar-refractivity contribution is 14.0. The van der Waals surface area contributed by atoms with E-state index in [1.807, 2.05) is 0 Å². The van der Waals surface area contributed by atoms with Gasteiger partial charge in [0.05, 0.1) is 0 Å². The van der Waals surface area contributed by atoms with E-state index in [0.717, 1.165) is 25.6 Å². The Hall–Kier alpha value is -0.820. The summed E-state index contributed by atoms with van der Waals surface area (Å²) in [6, 6.07) is 9.41. The minimum atomic E-state index is 0. The molecule has 0 saturated carbocycles. The van der Waals surface area contributed by atoms with Crippen molar-refractivity contribution >= 4 is 29.9 Å². The Morgan fingerprint density at radius 2 is 2.00 bits per heavy atom. The molecule has 2 rings (SSSR count). The van der Waals surface area contributed by atoms with E-state index in [4.69, 9.17) is 4.99 Å². The number of nitrogens with zero attached hydrogens (tertiary/aromatic N) is 3. The molecule has 0 bridgehead atoms. The third-order valence-electron chi connectivity index (χ3n) is 5.02. The average Bonchev–Trinajstić information content (AvgIpc) is 2.60. The van der Waals surface area contributed by atoms with Crippen molar-refractivity contribution in [2.75, 3.05) is 33.2 Å². The molecule has 1 aromatic carbocycles. The lowest BCUT2D eigenvalue weighted by atomic mass is 9.97. The van der Waals surface area contributed by atoms with Crippen molar-refractivity contribution in [1.82, 2.24) is 15.1 Å². The molecule has 1 heterocycles. The van der Waals surface area contributed by atoms with Gasteiger partial charge >= 0.3 is 0 Å². The van der Waals surface area contributed by atoms with E-state index < -0.39 is 0 Å². The first-order valence-electron chi connectivity index (χ1n) is 9.78. The minimum Gasteiger partial charge on any atom is -0.357 e. The molecule has 0 spiro atoms. The molecule has 0 aromatic heterocycles. The number of benzene rings is 1. The average molecular weight is 472 g/mol. The molecule has 1 saturated heterocycles. The van der Waals surface area contributed by atoms with E-state index in [2.05, 4.69) is 74.1 Å². The molecule has 26 heavy (non-hydrogen) atoms. The summed E-state index contributed by atoms with van der Waals surface area (Å²) in [6.45, 7) is 14.0. The standard InChI is InChI=1S/C21H36N4.HI/c1-6-22-21(24(5)15-19-11-9-18(4)10-12-19)23-14-20-8-7-13-25(16-20)17(2)3;/h9-12,17,20H,6-8,13-16H2,1-5H3,(H,22,23);1H. The summed E-state index contributed by atoms with van der Waals surface area (Å²) < 4.78 is 0. The predicted molar refractivity (Wildman–Crippen MR) is 123 cm³/mol. The Morgan fingerprint density at radius 3 is 2.62 bits per heavy atom. The van der Waals surface area contributed by atoms with E-state index in [-0.39, 0.29) is 24.0 Å². The second kappa shape index (κ2) is 11.8. The number of piperidine rings is 1. The molecule has 0 aliphatic carbocycles. The molecule has 4 nitrogen and oxygen atoms in total. The molecule has 148 valence electrons. The van der Waals surface area contributed by atoms with Crippen molar-refractivity contribution in [3.05, 3.63) is 35.4 Å². The summed E-state index contributed by atoms with van der Waals surface area (Å²) in [5.41, 5.74) is 2.63. The molecular formula is C21H37IN4. The maximum Gasteiger partial charge on any atom is 0.193 e. The lowest BCUT2D eigenvalue weighted by Crippen LogP contribution is -2.42. The number of halogens is 1. The lowest BCUT2D eigenvalue weighted by Gasteiger charge is -2.35. The number of guanidine groups is 1. The number of hydrogen-bond donors (Lipinski definition) is 1. The zero-order chi connectivity index (χ0) is 18.2. The number of aryl methyl sites for hydroxylation is 1. The fourth-order valence-corrected chi connectivity index (χ4v) is 3.44. The van der Waals surface area contributed by atoms with Crippen molar-refractivity contribution in [3.8, 4) is 0 Å². The predicted octanol–water partition coefficient (Wildman–Crippen LogP) is 4.13. The maximum atomic E-state index is 4.95. The molecule has 0 radical (unpaired) electrons. The van der Waals surface area contributed by atoms with E-state index in [9.17, 15) is 0 Å². The van der Waals surface area contributed by atoms with Crippen LogP contribution in [0, 0.1) is 12.8 Å². The summed E-state index contributed by atoms with van der Waals surface area (Å²) in [6.07, 6.45) is 2.60. The second-order valence-electron chi connectivity index (χ2n) is 7.63. The number of rotatable bonds is 6. The first kappa shape index (κ1) is 23.2. The first-order chi connectivity index (χ1) is 12.0. The zero-order valence-corrected chi connectivity index (χ0v) is 19.5. The first-order valence-corrected chi connectivity index (χ1v) is 9.78. The van der Waals surface area contributed by atoms with Crippen LogP contribution in [-0.2, 0) is 6.54 Å². The topological polar surface area (TPSA) is 30.9 Å². The van der Waals surface area contributed by atoms with Gasteiger partial charge in [-0.05, 0) is 58.6 Å². The van der Waals surface area contributed by atoms with Crippen LogP contribution in [0.15, 0.2) is 29.3 Å². The van der Waals surface area contributed by atoms with Gasteiger partial charge in [-0.1, -0.05) is 29.8 Å². The van der Waals surface area contributed by atoms with Gasteiger partial charge < -0.3 is 15.1 Å². The van der Waals surface area contributed by atoms with Gasteiger partial charge in [0.25, 0.3) is 0 Å². The monoisotopic (exact) mass is 472 g/mol. The SMILES string of the molecule is CCNC(=NCC1CCCN(C(C)C)C1)N(C)Cc1ccc(C)cc1.I. The third kappa shape index (κ3) is 7.43. The number of hydrogen-bond acceptors (Lipinski definition) is 2. The normalized spacial score (nSPS) is 18.5. The molecule has 1 N–H and O–H groups in total.